The van der Waals surface area contributed by atoms with Crippen molar-refractivity contribution >= 4 is 11.8 Å². The fourth-order valence-electron chi connectivity index (χ4n) is 1.83. The van der Waals surface area contributed by atoms with Crippen LogP contribution in [0, 0.1) is 13.8 Å². The van der Waals surface area contributed by atoms with Crippen LogP contribution in [-0.2, 0) is 13.5 Å². The van der Waals surface area contributed by atoms with Crippen LogP contribution in [0.25, 0.3) is 0 Å². The third kappa shape index (κ3) is 2.76. The van der Waals surface area contributed by atoms with Crippen LogP contribution in [0.15, 0.2) is 20.9 Å². The van der Waals surface area contributed by atoms with Crippen molar-refractivity contribution in [1.29, 1.82) is 0 Å². The standard InChI is InChI=1S/C12H18N4OS/c1-7(13)5-10-9(3)15-16(4)11(10)18-12-14-8(2)6-17-12/h6-7H,5,13H2,1-4H3. The van der Waals surface area contributed by atoms with Crippen LogP contribution in [0.3, 0.4) is 0 Å². The highest BCUT2D eigenvalue weighted by Gasteiger charge is 2.17. The molecule has 2 aromatic rings. The number of hydrogen-bond donors (Lipinski definition) is 1. The highest BCUT2D eigenvalue weighted by Crippen LogP contribution is 2.31. The maximum atomic E-state index is 5.88. The van der Waals surface area contributed by atoms with Crippen molar-refractivity contribution in [3.63, 3.8) is 0 Å². The van der Waals surface area contributed by atoms with E-state index in [1.807, 2.05) is 32.5 Å². The van der Waals surface area contributed by atoms with Crippen molar-refractivity contribution in [3.8, 4) is 0 Å². The largest absolute Gasteiger partial charge is 0.439 e. The maximum absolute atomic E-state index is 5.88. The van der Waals surface area contributed by atoms with Gasteiger partial charge in [-0.25, -0.2) is 4.98 Å². The molecule has 2 aromatic heterocycles. The van der Waals surface area contributed by atoms with Crippen LogP contribution in [0.5, 0.6) is 0 Å². The molecule has 0 bridgehead atoms. The lowest BCUT2D eigenvalue weighted by atomic mass is 10.1. The van der Waals surface area contributed by atoms with Crippen molar-refractivity contribution in [2.45, 2.75) is 43.5 Å². The molecule has 0 aliphatic carbocycles. The maximum Gasteiger partial charge on any atom is 0.262 e. The molecule has 0 aliphatic heterocycles. The Kier molecular flexibility index (Phi) is 3.77. The van der Waals surface area contributed by atoms with Gasteiger partial charge in [0.1, 0.15) is 11.3 Å². The molecule has 1 atom stereocenters. The molecule has 0 aliphatic rings. The predicted molar refractivity (Wildman–Crippen MR) is 70.7 cm³/mol. The molecule has 1 unspecified atom stereocenters. The monoisotopic (exact) mass is 266 g/mol. The predicted octanol–water partition coefficient (Wildman–Crippen LogP) is 2.07. The van der Waals surface area contributed by atoms with Gasteiger partial charge in [0.25, 0.3) is 5.22 Å². The van der Waals surface area contributed by atoms with Gasteiger partial charge < -0.3 is 10.2 Å². The van der Waals surface area contributed by atoms with E-state index in [0.29, 0.717) is 5.22 Å². The normalized spacial score (nSPS) is 12.9. The second-order valence-corrected chi connectivity index (χ2v) is 5.47. The Morgan fingerprint density at radius 2 is 2.22 bits per heavy atom. The summed E-state index contributed by atoms with van der Waals surface area (Å²) in [4.78, 5) is 4.30. The summed E-state index contributed by atoms with van der Waals surface area (Å²) in [5.41, 5.74) is 8.95. The van der Waals surface area contributed by atoms with Crippen molar-refractivity contribution < 1.29 is 4.42 Å². The van der Waals surface area contributed by atoms with Gasteiger partial charge in [-0.05, 0) is 39.0 Å². The smallest absolute Gasteiger partial charge is 0.262 e. The number of rotatable bonds is 4. The van der Waals surface area contributed by atoms with E-state index in [-0.39, 0.29) is 6.04 Å². The first-order chi connectivity index (χ1) is 8.47. The molecule has 0 fully saturated rings. The summed E-state index contributed by atoms with van der Waals surface area (Å²) in [6.45, 7) is 5.91. The Morgan fingerprint density at radius 3 is 2.78 bits per heavy atom. The topological polar surface area (TPSA) is 69.9 Å². The van der Waals surface area contributed by atoms with Gasteiger partial charge in [0.15, 0.2) is 0 Å². The molecular formula is C12H18N4OS. The molecule has 0 amide bonds. The van der Waals surface area contributed by atoms with Crippen LogP contribution in [0.2, 0.25) is 0 Å². The van der Waals surface area contributed by atoms with Crippen molar-refractivity contribution in [2.75, 3.05) is 0 Å². The second kappa shape index (κ2) is 5.16. The number of hydrogen-bond acceptors (Lipinski definition) is 5. The lowest BCUT2D eigenvalue weighted by molar-refractivity contribution is 0.453. The molecule has 18 heavy (non-hydrogen) atoms. The van der Waals surface area contributed by atoms with E-state index >= 15 is 0 Å². The molecule has 2 heterocycles. The molecular weight excluding hydrogens is 248 g/mol. The van der Waals surface area contributed by atoms with E-state index in [2.05, 4.69) is 10.1 Å². The van der Waals surface area contributed by atoms with Crippen LogP contribution in [0.4, 0.5) is 0 Å². The summed E-state index contributed by atoms with van der Waals surface area (Å²) in [5.74, 6) is 0. The van der Waals surface area contributed by atoms with Gasteiger partial charge in [-0.2, -0.15) is 5.10 Å². The van der Waals surface area contributed by atoms with E-state index in [1.165, 1.54) is 17.3 Å². The van der Waals surface area contributed by atoms with Gasteiger partial charge in [0.2, 0.25) is 0 Å². The number of aromatic nitrogens is 3. The minimum absolute atomic E-state index is 0.110. The molecule has 0 saturated carbocycles. The number of oxazole rings is 1. The van der Waals surface area contributed by atoms with Crippen LogP contribution < -0.4 is 5.73 Å². The zero-order chi connectivity index (χ0) is 13.3. The Morgan fingerprint density at radius 1 is 1.50 bits per heavy atom. The highest BCUT2D eigenvalue weighted by molar-refractivity contribution is 7.99. The van der Waals surface area contributed by atoms with Gasteiger partial charge >= 0.3 is 0 Å². The van der Waals surface area contributed by atoms with E-state index in [4.69, 9.17) is 10.2 Å². The van der Waals surface area contributed by atoms with E-state index in [1.54, 1.807) is 6.26 Å². The first-order valence-electron chi connectivity index (χ1n) is 5.85. The fourth-order valence-corrected chi connectivity index (χ4v) is 2.81. The molecule has 0 aromatic carbocycles. The minimum Gasteiger partial charge on any atom is -0.439 e. The summed E-state index contributed by atoms with van der Waals surface area (Å²) < 4.78 is 7.23. The molecule has 0 spiro atoms. The van der Waals surface area contributed by atoms with Crippen molar-refractivity contribution in [2.24, 2.45) is 12.8 Å². The lowest BCUT2D eigenvalue weighted by Crippen LogP contribution is -2.18. The second-order valence-electron chi connectivity index (χ2n) is 4.53. The van der Waals surface area contributed by atoms with E-state index < -0.39 is 0 Å². The number of nitrogens with zero attached hydrogens (tertiary/aromatic N) is 3. The molecule has 2 rings (SSSR count). The third-order valence-corrected chi connectivity index (χ3v) is 3.66. The molecule has 98 valence electrons. The minimum atomic E-state index is 0.110. The van der Waals surface area contributed by atoms with E-state index in [9.17, 15) is 0 Å². The zero-order valence-electron chi connectivity index (χ0n) is 11.1. The van der Waals surface area contributed by atoms with Crippen LogP contribution in [-0.4, -0.2) is 20.8 Å². The number of aryl methyl sites for hydroxylation is 3. The SMILES string of the molecule is Cc1coc(Sc2c(CC(C)N)c(C)nn2C)n1. The van der Waals surface area contributed by atoms with E-state index in [0.717, 1.165) is 22.8 Å². The Balaban J connectivity index is 2.31. The van der Waals surface area contributed by atoms with Gasteiger partial charge in [0, 0.05) is 18.7 Å². The summed E-state index contributed by atoms with van der Waals surface area (Å²) in [6, 6.07) is 0.110. The van der Waals surface area contributed by atoms with Crippen LogP contribution >= 0.6 is 11.8 Å². The zero-order valence-corrected chi connectivity index (χ0v) is 11.9. The fraction of sp³-hybridized carbons (Fsp3) is 0.500. The number of nitrogens with two attached hydrogens (primary N) is 1. The first kappa shape index (κ1) is 13.2. The Labute approximate surface area is 111 Å². The van der Waals surface area contributed by atoms with Gasteiger partial charge in [0.05, 0.1) is 11.4 Å². The summed E-state index contributed by atoms with van der Waals surface area (Å²) in [6.07, 6.45) is 2.46. The van der Waals surface area contributed by atoms with Crippen molar-refractivity contribution in [1.82, 2.24) is 14.8 Å². The lowest BCUT2D eigenvalue weighted by Gasteiger charge is -2.06. The Bertz CT molecular complexity index is 544. The summed E-state index contributed by atoms with van der Waals surface area (Å²) >= 11 is 1.49. The summed E-state index contributed by atoms with van der Waals surface area (Å²) in [7, 11) is 1.93. The van der Waals surface area contributed by atoms with Gasteiger partial charge in [-0.15, -0.1) is 0 Å². The average molecular weight is 266 g/mol. The average Bonchev–Trinajstić information content (AvgIpc) is 2.77. The molecule has 6 heteroatoms. The van der Waals surface area contributed by atoms with Gasteiger partial charge in [-0.3, -0.25) is 4.68 Å². The Hall–Kier alpha value is -1.27. The summed E-state index contributed by atoms with van der Waals surface area (Å²) in [5, 5.41) is 6.13. The van der Waals surface area contributed by atoms with Crippen molar-refractivity contribution in [3.05, 3.63) is 23.2 Å². The molecule has 2 N–H and O–H groups in total. The molecule has 0 radical (unpaired) electrons. The molecule has 5 nitrogen and oxygen atoms in total. The highest BCUT2D eigenvalue weighted by atomic mass is 32.2. The molecule has 0 saturated heterocycles. The van der Waals surface area contributed by atoms with Crippen LogP contribution in [0.1, 0.15) is 23.9 Å². The quantitative estimate of drug-likeness (QED) is 0.917. The first-order valence-corrected chi connectivity index (χ1v) is 6.67. The third-order valence-electron chi connectivity index (χ3n) is 2.60. The van der Waals surface area contributed by atoms with Gasteiger partial charge in [-0.1, -0.05) is 0 Å².